The van der Waals surface area contributed by atoms with Gasteiger partial charge in [-0.2, -0.15) is 0 Å². The Morgan fingerprint density at radius 1 is 1.50 bits per heavy atom. The summed E-state index contributed by atoms with van der Waals surface area (Å²) in [5.74, 6) is 0. The van der Waals surface area contributed by atoms with Crippen LogP contribution in [0.5, 0.6) is 0 Å². The van der Waals surface area contributed by atoms with Crippen LogP contribution in [0.25, 0.3) is 11.0 Å². The summed E-state index contributed by atoms with van der Waals surface area (Å²) in [5, 5.41) is 3.77. The molecule has 0 saturated carbocycles. The Balaban J connectivity index is 2.16. The second kappa shape index (κ2) is 4.50. The molecule has 1 N–H and O–H groups in total. The number of halogens is 1. The van der Waals surface area contributed by atoms with Gasteiger partial charge < -0.3 is 9.55 Å². The molecule has 1 aromatic carbocycles. The molecule has 2 heterocycles. The summed E-state index contributed by atoms with van der Waals surface area (Å²) < 4.78 is 2.66. The molecular formula is C12H10ClN3S2. The first-order chi connectivity index (χ1) is 8.65. The Morgan fingerprint density at radius 3 is 3.06 bits per heavy atom. The zero-order chi connectivity index (χ0) is 12.7. The molecule has 18 heavy (non-hydrogen) atoms. The van der Waals surface area contributed by atoms with Gasteiger partial charge in [0, 0.05) is 11.1 Å². The van der Waals surface area contributed by atoms with Gasteiger partial charge in [0.2, 0.25) is 0 Å². The van der Waals surface area contributed by atoms with Crippen LogP contribution in [0.2, 0.25) is 5.02 Å². The number of rotatable bonds is 2. The SMILES string of the molecule is Cc1csc(Cn2c(=S)[nH]c3cccc(Cl)c32)n1. The third-order valence-corrected chi connectivity index (χ3v) is 4.28. The summed E-state index contributed by atoms with van der Waals surface area (Å²) in [6.07, 6.45) is 0. The van der Waals surface area contributed by atoms with Crippen molar-refractivity contribution in [1.29, 1.82) is 0 Å². The number of para-hydroxylation sites is 1. The van der Waals surface area contributed by atoms with E-state index in [-0.39, 0.29) is 0 Å². The van der Waals surface area contributed by atoms with Crippen LogP contribution in [-0.4, -0.2) is 14.5 Å². The minimum Gasteiger partial charge on any atom is -0.331 e. The maximum atomic E-state index is 6.24. The fraction of sp³-hybridized carbons (Fsp3) is 0.167. The number of nitrogens with zero attached hydrogens (tertiary/aromatic N) is 2. The van der Waals surface area contributed by atoms with Gasteiger partial charge in [-0.3, -0.25) is 0 Å². The van der Waals surface area contributed by atoms with E-state index in [9.17, 15) is 0 Å². The van der Waals surface area contributed by atoms with Gasteiger partial charge in [0.05, 0.1) is 22.6 Å². The van der Waals surface area contributed by atoms with E-state index >= 15 is 0 Å². The highest BCUT2D eigenvalue weighted by Crippen LogP contribution is 2.24. The quantitative estimate of drug-likeness (QED) is 0.720. The molecule has 3 aromatic rings. The average Bonchev–Trinajstić information content (AvgIpc) is 2.85. The Labute approximate surface area is 118 Å². The van der Waals surface area contributed by atoms with Crippen LogP contribution in [0.1, 0.15) is 10.7 Å². The molecule has 0 saturated heterocycles. The molecule has 3 rings (SSSR count). The molecule has 92 valence electrons. The van der Waals surface area contributed by atoms with Crippen LogP contribution >= 0.6 is 35.2 Å². The Bertz CT molecular complexity index is 769. The summed E-state index contributed by atoms with van der Waals surface area (Å²) in [6, 6.07) is 5.75. The van der Waals surface area contributed by atoms with Crippen LogP contribution in [0.3, 0.4) is 0 Å². The van der Waals surface area contributed by atoms with E-state index in [4.69, 9.17) is 23.8 Å². The van der Waals surface area contributed by atoms with Crippen LogP contribution in [0.15, 0.2) is 23.6 Å². The van der Waals surface area contributed by atoms with Crippen molar-refractivity contribution < 1.29 is 0 Å². The normalized spacial score (nSPS) is 11.2. The van der Waals surface area contributed by atoms with Gasteiger partial charge in [-0.25, -0.2) is 4.98 Å². The van der Waals surface area contributed by atoms with Gasteiger partial charge in [0.25, 0.3) is 0 Å². The van der Waals surface area contributed by atoms with Crippen molar-refractivity contribution in [3.63, 3.8) is 0 Å². The van der Waals surface area contributed by atoms with E-state index in [2.05, 4.69) is 9.97 Å². The number of H-pyrrole nitrogens is 1. The van der Waals surface area contributed by atoms with E-state index in [0.717, 1.165) is 21.7 Å². The lowest BCUT2D eigenvalue weighted by Crippen LogP contribution is -1.99. The van der Waals surface area contributed by atoms with Gasteiger partial charge in [-0.1, -0.05) is 17.7 Å². The highest BCUT2D eigenvalue weighted by atomic mass is 35.5. The number of fused-ring (bicyclic) bond motifs is 1. The fourth-order valence-electron chi connectivity index (χ4n) is 1.94. The summed E-state index contributed by atoms with van der Waals surface area (Å²) in [5.41, 5.74) is 2.94. The number of aromatic nitrogens is 3. The molecule has 0 spiro atoms. The van der Waals surface area contributed by atoms with Crippen LogP contribution in [0, 0.1) is 11.7 Å². The monoisotopic (exact) mass is 295 g/mol. The number of aryl methyl sites for hydroxylation is 1. The Hall–Kier alpha value is -1.17. The minimum absolute atomic E-state index is 0.654. The molecule has 0 aliphatic rings. The summed E-state index contributed by atoms with van der Waals surface area (Å²) in [4.78, 5) is 7.62. The number of imidazole rings is 1. The highest BCUT2D eigenvalue weighted by molar-refractivity contribution is 7.71. The number of benzene rings is 1. The maximum Gasteiger partial charge on any atom is 0.178 e. The van der Waals surface area contributed by atoms with Crippen LogP contribution < -0.4 is 0 Å². The molecular weight excluding hydrogens is 286 g/mol. The molecule has 6 heteroatoms. The fourth-order valence-corrected chi connectivity index (χ4v) is 3.24. The number of hydrogen-bond acceptors (Lipinski definition) is 3. The maximum absolute atomic E-state index is 6.24. The van der Waals surface area contributed by atoms with Gasteiger partial charge in [-0.15, -0.1) is 11.3 Å². The van der Waals surface area contributed by atoms with Crippen LogP contribution in [-0.2, 0) is 6.54 Å². The van der Waals surface area contributed by atoms with Crippen molar-refractivity contribution in [2.45, 2.75) is 13.5 Å². The molecule has 0 bridgehead atoms. The molecule has 0 aliphatic heterocycles. The largest absolute Gasteiger partial charge is 0.331 e. The van der Waals surface area contributed by atoms with E-state index in [1.807, 2.05) is 35.1 Å². The first kappa shape index (κ1) is 11.9. The first-order valence-corrected chi connectivity index (χ1v) is 7.10. The van der Waals surface area contributed by atoms with Gasteiger partial charge in [-0.05, 0) is 31.3 Å². The summed E-state index contributed by atoms with van der Waals surface area (Å²) >= 11 is 13.2. The van der Waals surface area contributed by atoms with Crippen molar-refractivity contribution in [1.82, 2.24) is 14.5 Å². The predicted molar refractivity (Wildman–Crippen MR) is 78.1 cm³/mol. The average molecular weight is 296 g/mol. The third kappa shape index (κ3) is 1.98. The van der Waals surface area contributed by atoms with Crippen LogP contribution in [0.4, 0.5) is 0 Å². The smallest absolute Gasteiger partial charge is 0.178 e. The highest BCUT2D eigenvalue weighted by Gasteiger charge is 2.09. The van der Waals surface area contributed by atoms with Gasteiger partial charge in [0.1, 0.15) is 5.01 Å². The van der Waals surface area contributed by atoms with Crippen molar-refractivity contribution in [3.8, 4) is 0 Å². The van der Waals surface area contributed by atoms with Gasteiger partial charge in [0.15, 0.2) is 4.77 Å². The van der Waals surface area contributed by atoms with Crippen molar-refractivity contribution in [3.05, 3.63) is 44.1 Å². The lowest BCUT2D eigenvalue weighted by Gasteiger charge is -2.02. The molecule has 0 radical (unpaired) electrons. The standard InChI is InChI=1S/C12H10ClN3S2/c1-7-6-18-10(14-7)5-16-11-8(13)3-2-4-9(11)15-12(16)17/h2-4,6H,5H2,1H3,(H,15,17). The molecule has 2 aromatic heterocycles. The topological polar surface area (TPSA) is 33.6 Å². The molecule has 0 aliphatic carbocycles. The molecule has 0 atom stereocenters. The first-order valence-electron chi connectivity index (χ1n) is 5.43. The lowest BCUT2D eigenvalue weighted by molar-refractivity contribution is 0.800. The van der Waals surface area contributed by atoms with E-state index < -0.39 is 0 Å². The summed E-state index contributed by atoms with van der Waals surface area (Å²) in [7, 11) is 0. The number of nitrogens with one attached hydrogen (secondary N) is 1. The predicted octanol–water partition coefficient (Wildman–Crippen LogP) is 4.17. The number of hydrogen-bond donors (Lipinski definition) is 1. The zero-order valence-corrected chi connectivity index (χ0v) is 12.0. The second-order valence-corrected chi connectivity index (χ2v) is 5.77. The summed E-state index contributed by atoms with van der Waals surface area (Å²) in [6.45, 7) is 2.64. The lowest BCUT2D eigenvalue weighted by atomic mass is 10.3. The van der Waals surface area contributed by atoms with E-state index in [1.54, 1.807) is 11.3 Å². The molecule has 0 amide bonds. The minimum atomic E-state index is 0.654. The molecule has 0 fully saturated rings. The van der Waals surface area contributed by atoms with Crippen molar-refractivity contribution >= 4 is 46.2 Å². The zero-order valence-electron chi connectivity index (χ0n) is 9.61. The van der Waals surface area contributed by atoms with E-state index in [0.29, 0.717) is 16.3 Å². The number of thiazole rings is 1. The molecule has 0 unspecified atom stereocenters. The Morgan fingerprint density at radius 2 is 2.33 bits per heavy atom. The van der Waals surface area contributed by atoms with Gasteiger partial charge >= 0.3 is 0 Å². The van der Waals surface area contributed by atoms with Crippen molar-refractivity contribution in [2.75, 3.05) is 0 Å². The van der Waals surface area contributed by atoms with E-state index in [1.165, 1.54) is 0 Å². The molecule has 3 nitrogen and oxygen atoms in total. The Kier molecular flexibility index (Phi) is 2.97. The number of aromatic amines is 1. The third-order valence-electron chi connectivity index (χ3n) is 2.70. The van der Waals surface area contributed by atoms with Crippen molar-refractivity contribution in [2.24, 2.45) is 0 Å². The second-order valence-electron chi connectivity index (χ2n) is 4.03.